The Hall–Kier alpha value is -3.33. The summed E-state index contributed by atoms with van der Waals surface area (Å²) in [6.07, 6.45) is 3.67. The number of fused-ring (bicyclic) bond motifs is 1. The Labute approximate surface area is 199 Å². The van der Waals surface area contributed by atoms with Crippen LogP contribution < -0.4 is 20.1 Å². The molecule has 2 aromatic carbocycles. The minimum atomic E-state index is -0.465. The first-order chi connectivity index (χ1) is 16.3. The molecule has 0 aromatic heterocycles. The van der Waals surface area contributed by atoms with Gasteiger partial charge in [-0.1, -0.05) is 12.1 Å². The molecule has 0 bridgehead atoms. The van der Waals surface area contributed by atoms with Gasteiger partial charge in [0.25, 0.3) is 5.69 Å². The number of rotatable bonds is 6. The van der Waals surface area contributed by atoms with Crippen molar-refractivity contribution < 1.29 is 19.2 Å². The first-order valence-corrected chi connectivity index (χ1v) is 11.5. The summed E-state index contributed by atoms with van der Waals surface area (Å²) in [6.45, 7) is 2.80. The number of nitrogens with one attached hydrogen (secondary N) is 2. The Balaban J connectivity index is 1.48. The highest BCUT2D eigenvalue weighted by molar-refractivity contribution is 5.90. The van der Waals surface area contributed by atoms with Crippen molar-refractivity contribution in [1.29, 1.82) is 0 Å². The molecule has 9 heteroatoms. The van der Waals surface area contributed by atoms with Gasteiger partial charge in [-0.2, -0.15) is 0 Å². The molecule has 0 spiro atoms. The van der Waals surface area contributed by atoms with Crippen molar-refractivity contribution in [2.75, 3.05) is 33.1 Å². The van der Waals surface area contributed by atoms with Gasteiger partial charge in [-0.25, -0.2) is 4.79 Å². The molecular formula is C25H32N4O5. The molecule has 1 saturated carbocycles. The van der Waals surface area contributed by atoms with Crippen molar-refractivity contribution >= 4 is 17.4 Å². The second-order valence-electron chi connectivity index (χ2n) is 9.30. The summed E-state index contributed by atoms with van der Waals surface area (Å²) in [7, 11) is 5.43. The summed E-state index contributed by atoms with van der Waals surface area (Å²) in [5.74, 6) is 1.45. The monoisotopic (exact) mass is 468 g/mol. The van der Waals surface area contributed by atoms with Crippen LogP contribution in [0.3, 0.4) is 0 Å². The fourth-order valence-electron chi connectivity index (χ4n) is 5.60. The van der Waals surface area contributed by atoms with Gasteiger partial charge in [0.2, 0.25) is 0 Å². The van der Waals surface area contributed by atoms with Crippen molar-refractivity contribution in [1.82, 2.24) is 10.2 Å². The van der Waals surface area contributed by atoms with Crippen molar-refractivity contribution in [3.05, 3.63) is 57.6 Å². The molecule has 2 aromatic rings. The lowest BCUT2D eigenvalue weighted by Crippen LogP contribution is -2.52. The summed E-state index contributed by atoms with van der Waals surface area (Å²) in [5.41, 5.74) is 2.41. The van der Waals surface area contributed by atoms with E-state index in [4.69, 9.17) is 9.47 Å². The van der Waals surface area contributed by atoms with Crippen LogP contribution in [-0.4, -0.2) is 55.8 Å². The SMILES string of the molecule is COc1ccc(C23CCC(NC(=O)Nc4cc([N+](=O)[O-])ccc4C)CC2N(C)CC3)cc1OC. The quantitative estimate of drug-likeness (QED) is 0.485. The number of hydrogen-bond donors (Lipinski definition) is 2. The van der Waals surface area contributed by atoms with Crippen LogP contribution >= 0.6 is 0 Å². The second-order valence-corrected chi connectivity index (χ2v) is 9.30. The van der Waals surface area contributed by atoms with Gasteiger partial charge in [-0.15, -0.1) is 0 Å². The zero-order valence-electron chi connectivity index (χ0n) is 20.1. The van der Waals surface area contributed by atoms with Crippen molar-refractivity contribution in [2.45, 2.75) is 50.1 Å². The average Bonchev–Trinajstić information content (AvgIpc) is 3.16. The van der Waals surface area contributed by atoms with Gasteiger partial charge < -0.3 is 25.0 Å². The highest BCUT2D eigenvalue weighted by atomic mass is 16.6. The number of non-ortho nitro benzene ring substituents is 1. The fraction of sp³-hybridized carbons (Fsp3) is 0.480. The fourth-order valence-corrected chi connectivity index (χ4v) is 5.60. The molecule has 0 radical (unpaired) electrons. The Kier molecular flexibility index (Phi) is 6.65. The highest BCUT2D eigenvalue weighted by Gasteiger charge is 2.50. The lowest BCUT2D eigenvalue weighted by atomic mass is 9.65. The molecule has 1 aliphatic heterocycles. The number of ether oxygens (including phenoxy) is 2. The number of hydrogen-bond acceptors (Lipinski definition) is 6. The number of likely N-dealkylation sites (tertiary alicyclic amines) is 1. The van der Waals surface area contributed by atoms with E-state index in [2.05, 4.69) is 34.7 Å². The number of amides is 2. The van der Waals surface area contributed by atoms with E-state index in [-0.39, 0.29) is 29.2 Å². The molecule has 34 heavy (non-hydrogen) atoms. The predicted molar refractivity (Wildman–Crippen MR) is 130 cm³/mol. The van der Waals surface area contributed by atoms with Crippen LogP contribution in [0.2, 0.25) is 0 Å². The Morgan fingerprint density at radius 3 is 2.62 bits per heavy atom. The van der Waals surface area contributed by atoms with E-state index in [1.54, 1.807) is 20.3 Å². The normalized spacial score (nSPS) is 24.2. The van der Waals surface area contributed by atoms with Gasteiger partial charge in [-0.3, -0.25) is 10.1 Å². The molecule has 1 saturated heterocycles. The third-order valence-electron chi connectivity index (χ3n) is 7.50. The highest BCUT2D eigenvalue weighted by Crippen LogP contribution is 2.49. The molecule has 3 unspecified atom stereocenters. The molecule has 3 atom stereocenters. The summed E-state index contributed by atoms with van der Waals surface area (Å²) in [5, 5.41) is 17.0. The van der Waals surface area contributed by atoms with Gasteiger partial charge in [0.15, 0.2) is 11.5 Å². The van der Waals surface area contributed by atoms with Crippen molar-refractivity contribution in [2.24, 2.45) is 0 Å². The maximum absolute atomic E-state index is 12.8. The number of likely N-dealkylation sites (N-methyl/N-ethyl adjacent to an activating group) is 1. The van der Waals surface area contributed by atoms with Crippen LogP contribution in [0.1, 0.15) is 36.8 Å². The average molecular weight is 469 g/mol. The maximum Gasteiger partial charge on any atom is 0.319 e. The third-order valence-corrected chi connectivity index (χ3v) is 7.50. The molecule has 2 aliphatic rings. The van der Waals surface area contributed by atoms with Crippen LogP contribution in [0.25, 0.3) is 0 Å². The number of nitro benzene ring substituents is 1. The number of aryl methyl sites for hydroxylation is 1. The smallest absolute Gasteiger partial charge is 0.319 e. The Morgan fingerprint density at radius 2 is 1.91 bits per heavy atom. The number of nitrogens with zero attached hydrogens (tertiary/aromatic N) is 2. The van der Waals surface area contributed by atoms with E-state index in [0.717, 1.165) is 43.5 Å². The number of methoxy groups -OCH3 is 2. The minimum absolute atomic E-state index is 0.000409. The summed E-state index contributed by atoms with van der Waals surface area (Å²) >= 11 is 0. The van der Waals surface area contributed by atoms with E-state index >= 15 is 0 Å². The number of anilines is 1. The van der Waals surface area contributed by atoms with E-state index in [1.807, 2.05) is 13.0 Å². The molecule has 9 nitrogen and oxygen atoms in total. The topological polar surface area (TPSA) is 106 Å². The predicted octanol–water partition coefficient (Wildman–Crippen LogP) is 4.24. The van der Waals surface area contributed by atoms with Crippen LogP contribution in [0.5, 0.6) is 11.5 Å². The van der Waals surface area contributed by atoms with E-state index < -0.39 is 4.92 Å². The van der Waals surface area contributed by atoms with Crippen LogP contribution in [0, 0.1) is 17.0 Å². The number of carbonyl (C=O) groups is 1. The van der Waals surface area contributed by atoms with Gasteiger partial charge in [0.1, 0.15) is 0 Å². The van der Waals surface area contributed by atoms with Gasteiger partial charge in [0.05, 0.1) is 24.8 Å². The number of carbonyl (C=O) groups excluding carboxylic acids is 1. The first-order valence-electron chi connectivity index (χ1n) is 11.5. The van der Waals surface area contributed by atoms with E-state index in [1.165, 1.54) is 17.7 Å². The Morgan fingerprint density at radius 1 is 1.15 bits per heavy atom. The number of nitro groups is 1. The van der Waals surface area contributed by atoms with Gasteiger partial charge >= 0.3 is 6.03 Å². The molecule has 2 N–H and O–H groups in total. The zero-order chi connectivity index (χ0) is 24.5. The largest absolute Gasteiger partial charge is 0.493 e. The minimum Gasteiger partial charge on any atom is -0.493 e. The van der Waals surface area contributed by atoms with E-state index in [9.17, 15) is 14.9 Å². The lowest BCUT2D eigenvalue weighted by Gasteiger charge is -2.45. The molecule has 2 fully saturated rings. The van der Waals surface area contributed by atoms with Gasteiger partial charge in [-0.05, 0) is 69.5 Å². The standard InChI is InChI=1S/C25H32N4O5/c1-16-5-7-19(29(31)32)15-20(16)27-24(30)26-18-9-10-25(11-12-28(2)23(25)14-18)17-6-8-21(33-3)22(13-17)34-4/h5-8,13,15,18,23H,9-12,14H2,1-4H3,(H2,26,27,30). The lowest BCUT2D eigenvalue weighted by molar-refractivity contribution is -0.384. The summed E-state index contributed by atoms with van der Waals surface area (Å²) in [6, 6.07) is 10.6. The molecule has 4 rings (SSSR count). The second kappa shape index (κ2) is 9.50. The zero-order valence-corrected chi connectivity index (χ0v) is 20.1. The maximum atomic E-state index is 12.8. The summed E-state index contributed by atoms with van der Waals surface area (Å²) < 4.78 is 11.0. The molecule has 1 heterocycles. The number of urea groups is 1. The number of benzene rings is 2. The summed E-state index contributed by atoms with van der Waals surface area (Å²) in [4.78, 5) is 25.8. The Bertz CT molecular complexity index is 1090. The molecule has 1 aliphatic carbocycles. The molecule has 182 valence electrons. The first kappa shape index (κ1) is 23.8. The molecular weight excluding hydrogens is 436 g/mol. The van der Waals surface area contributed by atoms with Crippen molar-refractivity contribution in [3.8, 4) is 11.5 Å². The van der Waals surface area contributed by atoms with E-state index in [0.29, 0.717) is 11.4 Å². The molecule has 2 amide bonds. The van der Waals surface area contributed by atoms with Gasteiger partial charge in [0, 0.05) is 29.6 Å². The van der Waals surface area contributed by atoms with Crippen LogP contribution in [-0.2, 0) is 5.41 Å². The van der Waals surface area contributed by atoms with Crippen LogP contribution in [0.15, 0.2) is 36.4 Å². The third kappa shape index (κ3) is 4.40. The van der Waals surface area contributed by atoms with Crippen LogP contribution in [0.4, 0.5) is 16.2 Å². The van der Waals surface area contributed by atoms with Crippen molar-refractivity contribution in [3.63, 3.8) is 0 Å².